The van der Waals surface area contributed by atoms with Crippen LogP contribution in [0.3, 0.4) is 0 Å². The molecule has 2 nitrogen and oxygen atoms in total. The van der Waals surface area contributed by atoms with E-state index < -0.39 is 0 Å². The molecule has 3 rings (SSSR count). The first kappa shape index (κ1) is 13.9. The van der Waals surface area contributed by atoms with E-state index >= 15 is 0 Å². The minimum Gasteiger partial charge on any atom is -0.490 e. The highest BCUT2D eigenvalue weighted by atomic mass is 19.1. The largest absolute Gasteiger partial charge is 0.490 e. The SMILES string of the molecule is NCC1(c2ccc(OCC3CCC3)c(F)c2)CCCC1. The van der Waals surface area contributed by atoms with Gasteiger partial charge in [0.05, 0.1) is 6.61 Å². The van der Waals surface area contributed by atoms with Crippen LogP contribution in [-0.2, 0) is 5.41 Å². The minimum atomic E-state index is -0.235. The molecule has 0 atom stereocenters. The summed E-state index contributed by atoms with van der Waals surface area (Å²) >= 11 is 0. The maximum Gasteiger partial charge on any atom is 0.165 e. The molecule has 1 aromatic rings. The van der Waals surface area contributed by atoms with E-state index in [4.69, 9.17) is 10.5 Å². The van der Waals surface area contributed by atoms with E-state index in [1.54, 1.807) is 12.1 Å². The van der Waals surface area contributed by atoms with Crippen LogP contribution in [-0.4, -0.2) is 13.2 Å². The van der Waals surface area contributed by atoms with Crippen LogP contribution in [0.4, 0.5) is 4.39 Å². The Bertz CT molecular complexity index is 464. The first-order valence-corrected chi connectivity index (χ1v) is 7.86. The summed E-state index contributed by atoms with van der Waals surface area (Å²) in [4.78, 5) is 0. The van der Waals surface area contributed by atoms with E-state index in [0.717, 1.165) is 18.4 Å². The molecule has 0 bridgehead atoms. The number of halogens is 1. The van der Waals surface area contributed by atoms with Gasteiger partial charge in [0.1, 0.15) is 0 Å². The Hall–Kier alpha value is -1.09. The normalized spacial score (nSPS) is 21.7. The first-order chi connectivity index (χ1) is 9.73. The van der Waals surface area contributed by atoms with Gasteiger partial charge in [-0.3, -0.25) is 0 Å². The summed E-state index contributed by atoms with van der Waals surface area (Å²) in [6, 6.07) is 5.45. The van der Waals surface area contributed by atoms with Crippen molar-refractivity contribution in [3.05, 3.63) is 29.6 Å². The average molecular weight is 277 g/mol. The van der Waals surface area contributed by atoms with Crippen LogP contribution in [0.25, 0.3) is 0 Å². The molecule has 2 fully saturated rings. The summed E-state index contributed by atoms with van der Waals surface area (Å²) in [5.74, 6) is 0.784. The zero-order chi connectivity index (χ0) is 14.0. The van der Waals surface area contributed by atoms with E-state index in [9.17, 15) is 4.39 Å². The molecule has 0 unspecified atom stereocenters. The Kier molecular flexibility index (Phi) is 3.97. The summed E-state index contributed by atoms with van der Waals surface area (Å²) in [5, 5.41) is 0. The topological polar surface area (TPSA) is 35.2 Å². The molecule has 0 aromatic heterocycles. The van der Waals surface area contributed by atoms with Gasteiger partial charge in [-0.2, -0.15) is 0 Å². The Morgan fingerprint density at radius 2 is 1.95 bits per heavy atom. The number of hydrogen-bond donors (Lipinski definition) is 1. The van der Waals surface area contributed by atoms with Gasteiger partial charge in [-0.25, -0.2) is 4.39 Å². The van der Waals surface area contributed by atoms with E-state index in [2.05, 4.69) is 0 Å². The lowest BCUT2D eigenvalue weighted by molar-refractivity contribution is 0.175. The van der Waals surface area contributed by atoms with Crippen molar-refractivity contribution in [1.29, 1.82) is 0 Å². The van der Waals surface area contributed by atoms with Crippen molar-refractivity contribution >= 4 is 0 Å². The van der Waals surface area contributed by atoms with Gasteiger partial charge in [-0.05, 0) is 49.3 Å². The molecule has 2 aliphatic rings. The fraction of sp³-hybridized carbons (Fsp3) is 0.647. The van der Waals surface area contributed by atoms with E-state index in [0.29, 0.717) is 24.8 Å². The predicted octanol–water partition coefficient (Wildman–Crippen LogP) is 3.78. The van der Waals surface area contributed by atoms with Crippen molar-refractivity contribution in [2.75, 3.05) is 13.2 Å². The highest BCUT2D eigenvalue weighted by molar-refractivity contribution is 5.35. The van der Waals surface area contributed by atoms with E-state index in [-0.39, 0.29) is 11.2 Å². The number of ether oxygens (including phenoxy) is 1. The number of hydrogen-bond acceptors (Lipinski definition) is 2. The van der Waals surface area contributed by atoms with Crippen LogP contribution >= 0.6 is 0 Å². The summed E-state index contributed by atoms with van der Waals surface area (Å²) in [6.07, 6.45) is 8.26. The lowest BCUT2D eigenvalue weighted by atomic mass is 9.79. The summed E-state index contributed by atoms with van der Waals surface area (Å²) in [7, 11) is 0. The van der Waals surface area contributed by atoms with Crippen LogP contribution in [0.5, 0.6) is 5.75 Å². The molecule has 2 saturated carbocycles. The Morgan fingerprint density at radius 3 is 2.50 bits per heavy atom. The van der Waals surface area contributed by atoms with Gasteiger partial charge >= 0.3 is 0 Å². The van der Waals surface area contributed by atoms with Crippen LogP contribution in [0.15, 0.2) is 18.2 Å². The fourth-order valence-corrected chi connectivity index (χ4v) is 3.48. The van der Waals surface area contributed by atoms with Gasteiger partial charge in [0.25, 0.3) is 0 Å². The lowest BCUT2D eigenvalue weighted by Crippen LogP contribution is -2.32. The fourth-order valence-electron chi connectivity index (χ4n) is 3.48. The van der Waals surface area contributed by atoms with Gasteiger partial charge in [-0.15, -0.1) is 0 Å². The summed E-state index contributed by atoms with van der Waals surface area (Å²) < 4.78 is 19.8. The average Bonchev–Trinajstić information content (AvgIpc) is 2.88. The molecular weight excluding hydrogens is 253 g/mol. The molecule has 0 aliphatic heterocycles. The molecule has 110 valence electrons. The zero-order valence-electron chi connectivity index (χ0n) is 12.0. The summed E-state index contributed by atoms with van der Waals surface area (Å²) in [5.41, 5.74) is 7.00. The van der Waals surface area contributed by atoms with Gasteiger partial charge in [0.15, 0.2) is 11.6 Å². The molecule has 0 heterocycles. The van der Waals surface area contributed by atoms with Gasteiger partial charge in [0.2, 0.25) is 0 Å². The monoisotopic (exact) mass is 277 g/mol. The van der Waals surface area contributed by atoms with Crippen molar-refractivity contribution in [2.45, 2.75) is 50.4 Å². The number of nitrogens with two attached hydrogens (primary N) is 1. The first-order valence-electron chi connectivity index (χ1n) is 7.86. The third-order valence-corrected chi connectivity index (χ3v) is 5.19. The van der Waals surface area contributed by atoms with Gasteiger partial charge < -0.3 is 10.5 Å². The Morgan fingerprint density at radius 1 is 1.20 bits per heavy atom. The van der Waals surface area contributed by atoms with Gasteiger partial charge in [0, 0.05) is 12.0 Å². The van der Waals surface area contributed by atoms with Crippen molar-refractivity contribution < 1.29 is 9.13 Å². The number of benzene rings is 1. The maximum absolute atomic E-state index is 14.2. The Balaban J connectivity index is 1.72. The highest BCUT2D eigenvalue weighted by Gasteiger charge is 2.34. The van der Waals surface area contributed by atoms with Crippen LogP contribution in [0, 0.1) is 11.7 Å². The Labute approximate surface area is 120 Å². The molecule has 20 heavy (non-hydrogen) atoms. The standard InChI is InChI=1S/C17H24FNO/c18-15-10-14(17(12-19)8-1-2-9-17)6-7-16(15)20-11-13-4-3-5-13/h6-7,10,13H,1-5,8-9,11-12,19H2. The maximum atomic E-state index is 14.2. The second-order valence-electron chi connectivity index (χ2n) is 6.44. The molecule has 2 N–H and O–H groups in total. The third kappa shape index (κ3) is 2.56. The molecule has 2 aliphatic carbocycles. The smallest absolute Gasteiger partial charge is 0.165 e. The lowest BCUT2D eigenvalue weighted by Gasteiger charge is -2.28. The molecule has 0 radical (unpaired) electrons. The van der Waals surface area contributed by atoms with Gasteiger partial charge in [-0.1, -0.05) is 25.3 Å². The molecule has 3 heteroatoms. The van der Waals surface area contributed by atoms with Crippen molar-refractivity contribution in [1.82, 2.24) is 0 Å². The van der Waals surface area contributed by atoms with Crippen LogP contribution < -0.4 is 10.5 Å². The zero-order valence-corrected chi connectivity index (χ0v) is 12.0. The quantitative estimate of drug-likeness (QED) is 0.889. The molecule has 1 aromatic carbocycles. The molecule has 0 saturated heterocycles. The highest BCUT2D eigenvalue weighted by Crippen LogP contribution is 2.41. The van der Waals surface area contributed by atoms with Crippen LogP contribution in [0.2, 0.25) is 0 Å². The third-order valence-electron chi connectivity index (χ3n) is 5.19. The van der Waals surface area contributed by atoms with Crippen molar-refractivity contribution in [2.24, 2.45) is 11.7 Å². The number of rotatable bonds is 5. The van der Waals surface area contributed by atoms with Crippen LogP contribution in [0.1, 0.15) is 50.5 Å². The molecule has 0 amide bonds. The molecule has 0 spiro atoms. The van der Waals surface area contributed by atoms with Crippen molar-refractivity contribution in [3.63, 3.8) is 0 Å². The molecular formula is C17H24FNO. The van der Waals surface area contributed by atoms with E-state index in [1.807, 2.05) is 6.07 Å². The van der Waals surface area contributed by atoms with E-state index in [1.165, 1.54) is 32.1 Å². The summed E-state index contributed by atoms with van der Waals surface area (Å²) in [6.45, 7) is 1.26. The second kappa shape index (κ2) is 5.72. The predicted molar refractivity (Wildman–Crippen MR) is 78.4 cm³/mol. The second-order valence-corrected chi connectivity index (χ2v) is 6.44. The van der Waals surface area contributed by atoms with Crippen molar-refractivity contribution in [3.8, 4) is 5.75 Å². The minimum absolute atomic E-state index is 0.00660.